The van der Waals surface area contributed by atoms with Crippen LogP contribution in [0.2, 0.25) is 0 Å². The van der Waals surface area contributed by atoms with Crippen molar-refractivity contribution in [1.29, 1.82) is 5.26 Å². The second-order valence-corrected chi connectivity index (χ2v) is 8.70. The molecule has 30 heavy (non-hydrogen) atoms. The first-order chi connectivity index (χ1) is 14.4. The molecule has 0 unspecified atom stereocenters. The molecule has 0 atom stereocenters. The number of hydrogen-bond acceptors (Lipinski definition) is 9. The summed E-state index contributed by atoms with van der Waals surface area (Å²) in [5.41, 5.74) is 15.5. The fraction of sp³-hybridized carbons (Fsp3) is 0.150. The van der Waals surface area contributed by atoms with Gasteiger partial charge < -0.3 is 11.5 Å². The van der Waals surface area contributed by atoms with Gasteiger partial charge in [0.05, 0.1) is 5.69 Å². The molecule has 10 heteroatoms. The third-order valence-electron chi connectivity index (χ3n) is 4.62. The standard InChI is InChI=1S/C20H17N7OS2/c1-3-10-4-6-11(7-5-10)13-12(8-21)17(23)24-19-14(13)15(22)16(30-19)18(28)25-20-27-26-9(2)29-20/h4-7H,3,22H2,1-2H3,(H2,23,24)(H,25,27,28). The van der Waals surface area contributed by atoms with E-state index in [0.29, 0.717) is 20.9 Å². The number of pyridine rings is 1. The molecule has 0 saturated heterocycles. The zero-order chi connectivity index (χ0) is 21.4. The number of amides is 1. The molecule has 8 nitrogen and oxygen atoms in total. The van der Waals surface area contributed by atoms with Crippen LogP contribution in [0.4, 0.5) is 16.6 Å². The van der Waals surface area contributed by atoms with E-state index in [1.807, 2.05) is 24.3 Å². The van der Waals surface area contributed by atoms with E-state index in [0.717, 1.165) is 28.3 Å². The summed E-state index contributed by atoms with van der Waals surface area (Å²) in [6, 6.07) is 9.97. The molecule has 0 saturated carbocycles. The van der Waals surface area contributed by atoms with E-state index in [9.17, 15) is 10.1 Å². The molecule has 3 aromatic heterocycles. The summed E-state index contributed by atoms with van der Waals surface area (Å²) in [6.07, 6.45) is 0.898. The van der Waals surface area contributed by atoms with Crippen LogP contribution in [0.25, 0.3) is 21.3 Å². The predicted molar refractivity (Wildman–Crippen MR) is 121 cm³/mol. The number of rotatable bonds is 4. The third kappa shape index (κ3) is 3.34. The Bertz CT molecular complexity index is 1320. The number of carbonyl (C=O) groups is 1. The maximum atomic E-state index is 12.8. The van der Waals surface area contributed by atoms with Crippen molar-refractivity contribution in [3.63, 3.8) is 0 Å². The molecule has 4 rings (SSSR count). The van der Waals surface area contributed by atoms with Gasteiger partial charge in [-0.25, -0.2) is 4.98 Å². The Morgan fingerprint density at radius 2 is 1.93 bits per heavy atom. The van der Waals surface area contributed by atoms with Gasteiger partial charge in [-0.2, -0.15) is 5.26 Å². The number of hydrogen-bond donors (Lipinski definition) is 3. The lowest BCUT2D eigenvalue weighted by molar-refractivity contribution is 0.103. The van der Waals surface area contributed by atoms with Gasteiger partial charge in [-0.3, -0.25) is 10.1 Å². The van der Waals surface area contributed by atoms with Crippen molar-refractivity contribution in [1.82, 2.24) is 15.2 Å². The summed E-state index contributed by atoms with van der Waals surface area (Å²) >= 11 is 2.39. The van der Waals surface area contributed by atoms with Crippen LogP contribution < -0.4 is 16.8 Å². The molecule has 1 aromatic carbocycles. The highest BCUT2D eigenvalue weighted by Gasteiger charge is 2.24. The molecule has 3 heterocycles. The zero-order valence-corrected chi connectivity index (χ0v) is 17.8. The first-order valence-corrected chi connectivity index (χ1v) is 10.7. The monoisotopic (exact) mass is 435 g/mol. The van der Waals surface area contributed by atoms with E-state index in [4.69, 9.17) is 11.5 Å². The number of nitrogens with two attached hydrogens (primary N) is 2. The number of aromatic nitrogens is 3. The average Bonchev–Trinajstić information content (AvgIpc) is 3.29. The molecule has 4 aromatic rings. The topological polar surface area (TPSA) is 144 Å². The van der Waals surface area contributed by atoms with Crippen molar-refractivity contribution in [2.24, 2.45) is 0 Å². The van der Waals surface area contributed by atoms with Gasteiger partial charge in [0, 0.05) is 10.9 Å². The van der Waals surface area contributed by atoms with E-state index < -0.39 is 5.91 Å². The van der Waals surface area contributed by atoms with Crippen molar-refractivity contribution >= 4 is 55.4 Å². The lowest BCUT2D eigenvalue weighted by Crippen LogP contribution is -2.11. The van der Waals surface area contributed by atoms with Gasteiger partial charge in [-0.05, 0) is 24.5 Å². The van der Waals surface area contributed by atoms with Crippen LogP contribution in [0, 0.1) is 18.3 Å². The Hall–Kier alpha value is -3.55. The first-order valence-electron chi connectivity index (χ1n) is 9.05. The summed E-state index contributed by atoms with van der Waals surface area (Å²) in [7, 11) is 0. The normalized spacial score (nSPS) is 10.8. The molecule has 150 valence electrons. The largest absolute Gasteiger partial charge is 0.397 e. The molecule has 1 amide bonds. The van der Waals surface area contributed by atoms with Crippen molar-refractivity contribution < 1.29 is 4.79 Å². The van der Waals surface area contributed by atoms with Crippen molar-refractivity contribution in [2.75, 3.05) is 16.8 Å². The molecule has 0 aliphatic heterocycles. The third-order valence-corrected chi connectivity index (χ3v) is 6.47. The minimum atomic E-state index is -0.406. The minimum absolute atomic E-state index is 0.104. The number of carbonyl (C=O) groups excluding carboxylic acids is 1. The fourth-order valence-corrected chi connectivity index (χ4v) is 4.74. The van der Waals surface area contributed by atoms with Crippen LogP contribution in [0.5, 0.6) is 0 Å². The predicted octanol–water partition coefficient (Wildman–Crippen LogP) is 3.97. The first kappa shape index (κ1) is 19.8. The lowest BCUT2D eigenvalue weighted by Gasteiger charge is -2.10. The van der Waals surface area contributed by atoms with Gasteiger partial charge in [0.25, 0.3) is 5.91 Å². The maximum Gasteiger partial charge on any atom is 0.269 e. The molecule has 0 spiro atoms. The van der Waals surface area contributed by atoms with Crippen LogP contribution in [0.3, 0.4) is 0 Å². The summed E-state index contributed by atoms with van der Waals surface area (Å²) in [4.78, 5) is 17.9. The number of thiophene rings is 1. The van der Waals surface area contributed by atoms with Crippen molar-refractivity contribution in [3.05, 3.63) is 45.3 Å². The van der Waals surface area contributed by atoms with Gasteiger partial charge in [0.2, 0.25) is 5.13 Å². The maximum absolute atomic E-state index is 12.8. The van der Waals surface area contributed by atoms with Gasteiger partial charge in [0.1, 0.15) is 32.2 Å². The Labute approximate surface area is 180 Å². The molecule has 0 radical (unpaired) electrons. The number of nitrogen functional groups attached to an aromatic ring is 2. The van der Waals surface area contributed by atoms with Crippen LogP contribution in [0.15, 0.2) is 24.3 Å². The Morgan fingerprint density at radius 1 is 1.20 bits per heavy atom. The van der Waals surface area contributed by atoms with E-state index in [1.165, 1.54) is 16.9 Å². The summed E-state index contributed by atoms with van der Waals surface area (Å²) < 4.78 is 0. The van der Waals surface area contributed by atoms with E-state index >= 15 is 0 Å². The number of nitriles is 1. The van der Waals surface area contributed by atoms with Crippen LogP contribution in [-0.4, -0.2) is 21.1 Å². The highest BCUT2D eigenvalue weighted by molar-refractivity contribution is 7.21. The van der Waals surface area contributed by atoms with Gasteiger partial charge in [-0.1, -0.05) is 42.5 Å². The minimum Gasteiger partial charge on any atom is -0.397 e. The van der Waals surface area contributed by atoms with Gasteiger partial charge in [-0.15, -0.1) is 21.5 Å². The summed E-state index contributed by atoms with van der Waals surface area (Å²) in [5, 5.41) is 21.9. The zero-order valence-electron chi connectivity index (χ0n) is 16.2. The average molecular weight is 436 g/mol. The molecular weight excluding hydrogens is 418 g/mol. The number of fused-ring (bicyclic) bond motifs is 1. The fourth-order valence-electron chi connectivity index (χ4n) is 3.15. The van der Waals surface area contributed by atoms with Crippen LogP contribution >= 0.6 is 22.7 Å². The Balaban J connectivity index is 1.89. The SMILES string of the molecule is CCc1ccc(-c2c(C#N)c(N)nc3sc(C(=O)Nc4nnc(C)s4)c(N)c23)cc1. The lowest BCUT2D eigenvalue weighted by atomic mass is 9.96. The molecular formula is C20H17N7OS2. The second kappa shape index (κ2) is 7.70. The highest BCUT2D eigenvalue weighted by atomic mass is 32.1. The number of nitrogens with one attached hydrogen (secondary N) is 1. The van der Waals surface area contributed by atoms with Gasteiger partial charge in [0.15, 0.2) is 0 Å². The Kier molecular flexibility index (Phi) is 5.07. The number of anilines is 3. The van der Waals surface area contributed by atoms with E-state index in [-0.39, 0.29) is 21.9 Å². The van der Waals surface area contributed by atoms with Crippen molar-refractivity contribution in [2.45, 2.75) is 20.3 Å². The highest BCUT2D eigenvalue weighted by Crippen LogP contribution is 2.42. The molecule has 0 fully saturated rings. The number of benzene rings is 1. The van der Waals surface area contributed by atoms with E-state index in [2.05, 4.69) is 33.5 Å². The Morgan fingerprint density at radius 3 is 2.53 bits per heavy atom. The summed E-state index contributed by atoms with van der Waals surface area (Å²) in [6.45, 7) is 3.87. The molecule has 5 N–H and O–H groups in total. The number of aryl methyl sites for hydroxylation is 2. The van der Waals surface area contributed by atoms with E-state index in [1.54, 1.807) is 6.92 Å². The van der Waals surface area contributed by atoms with Crippen molar-refractivity contribution in [3.8, 4) is 17.2 Å². The molecule has 0 aliphatic rings. The number of nitrogens with zero attached hydrogens (tertiary/aromatic N) is 4. The molecule has 0 aliphatic carbocycles. The smallest absolute Gasteiger partial charge is 0.269 e. The second-order valence-electron chi connectivity index (χ2n) is 6.51. The van der Waals surface area contributed by atoms with Crippen LogP contribution in [-0.2, 0) is 6.42 Å². The quantitative estimate of drug-likeness (QED) is 0.440. The molecule has 0 bridgehead atoms. The van der Waals surface area contributed by atoms with Gasteiger partial charge >= 0.3 is 0 Å². The summed E-state index contributed by atoms with van der Waals surface area (Å²) in [5.74, 6) is -0.302. The van der Waals surface area contributed by atoms with Crippen LogP contribution in [0.1, 0.15) is 32.7 Å².